The largest absolute Gasteiger partial charge is 0.333 e. The summed E-state index contributed by atoms with van der Waals surface area (Å²) in [4.78, 5) is 4.10. The number of imidazole rings is 1. The molecular formula is C22H25N3O2S. The van der Waals surface area contributed by atoms with Gasteiger partial charge in [0, 0.05) is 18.9 Å². The number of primary sulfonamides is 1. The Hall–Kier alpha value is -2.44. The maximum atomic E-state index is 11.5. The number of hydrogen-bond acceptors (Lipinski definition) is 3. The van der Waals surface area contributed by atoms with Gasteiger partial charge < -0.3 is 4.57 Å². The average molecular weight is 396 g/mol. The third-order valence-corrected chi connectivity index (χ3v) is 6.95. The van der Waals surface area contributed by atoms with Crippen molar-refractivity contribution in [2.45, 2.75) is 38.0 Å². The molecule has 3 aromatic rings. The summed E-state index contributed by atoms with van der Waals surface area (Å²) in [5.41, 5.74) is 6.28. The Kier molecular flexibility index (Phi) is 5.08. The highest BCUT2D eigenvalue weighted by atomic mass is 32.2. The van der Waals surface area contributed by atoms with Crippen molar-refractivity contribution < 1.29 is 8.42 Å². The lowest BCUT2D eigenvalue weighted by Crippen LogP contribution is -2.28. The van der Waals surface area contributed by atoms with Gasteiger partial charge in [0.25, 0.3) is 0 Å². The second-order valence-corrected chi connectivity index (χ2v) is 9.81. The highest BCUT2D eigenvalue weighted by Gasteiger charge is 2.27. The van der Waals surface area contributed by atoms with Crippen molar-refractivity contribution in [2.24, 2.45) is 11.1 Å². The highest BCUT2D eigenvalue weighted by molar-refractivity contribution is 7.89. The van der Waals surface area contributed by atoms with Crippen molar-refractivity contribution in [1.82, 2.24) is 9.55 Å². The van der Waals surface area contributed by atoms with Gasteiger partial charge in [0.2, 0.25) is 10.0 Å². The summed E-state index contributed by atoms with van der Waals surface area (Å²) in [5, 5.41) is 4.80. The zero-order valence-corrected chi connectivity index (χ0v) is 16.8. The molecule has 146 valence electrons. The molecule has 28 heavy (non-hydrogen) atoms. The SMILES string of the molecule is CC(C[C@H]1Cc2ccc(-c3cccc(Cn4ccnc4)c3)cc2C1)S(N)(=O)=O. The summed E-state index contributed by atoms with van der Waals surface area (Å²) in [6.45, 7) is 2.50. The summed E-state index contributed by atoms with van der Waals surface area (Å²) in [6.07, 6.45) is 8.03. The number of nitrogens with two attached hydrogens (primary N) is 1. The molecule has 1 aliphatic carbocycles. The van der Waals surface area contributed by atoms with E-state index in [4.69, 9.17) is 5.14 Å². The van der Waals surface area contributed by atoms with Crippen LogP contribution in [0.25, 0.3) is 11.1 Å². The Labute approximate surface area is 166 Å². The molecule has 0 bridgehead atoms. The van der Waals surface area contributed by atoms with Crippen LogP contribution in [-0.4, -0.2) is 23.2 Å². The first-order valence-corrected chi connectivity index (χ1v) is 11.2. The lowest BCUT2D eigenvalue weighted by atomic mass is 9.99. The van der Waals surface area contributed by atoms with E-state index < -0.39 is 15.3 Å². The molecule has 1 unspecified atom stereocenters. The van der Waals surface area contributed by atoms with Crippen LogP contribution in [-0.2, 0) is 29.4 Å². The lowest BCUT2D eigenvalue weighted by Gasteiger charge is -2.13. The molecule has 0 aliphatic heterocycles. The quantitative estimate of drug-likeness (QED) is 0.695. The zero-order chi connectivity index (χ0) is 19.7. The molecule has 0 amide bonds. The molecule has 0 saturated heterocycles. The van der Waals surface area contributed by atoms with Gasteiger partial charge in [-0.25, -0.2) is 18.5 Å². The van der Waals surface area contributed by atoms with Crippen molar-refractivity contribution in [3.63, 3.8) is 0 Å². The first-order valence-electron chi connectivity index (χ1n) is 9.57. The van der Waals surface area contributed by atoms with Gasteiger partial charge in [-0.15, -0.1) is 0 Å². The van der Waals surface area contributed by atoms with Crippen molar-refractivity contribution in [3.8, 4) is 11.1 Å². The van der Waals surface area contributed by atoms with Gasteiger partial charge in [-0.3, -0.25) is 0 Å². The number of sulfonamides is 1. The maximum Gasteiger partial charge on any atom is 0.211 e. The van der Waals surface area contributed by atoms with Crippen LogP contribution in [0, 0.1) is 5.92 Å². The molecule has 6 heteroatoms. The molecule has 1 aliphatic rings. The maximum absolute atomic E-state index is 11.5. The van der Waals surface area contributed by atoms with E-state index in [1.165, 1.54) is 27.8 Å². The molecule has 2 aromatic carbocycles. The van der Waals surface area contributed by atoms with E-state index in [0.29, 0.717) is 12.3 Å². The van der Waals surface area contributed by atoms with Crippen LogP contribution in [0.2, 0.25) is 0 Å². The molecule has 2 N–H and O–H groups in total. The highest BCUT2D eigenvalue weighted by Crippen LogP contribution is 2.33. The number of nitrogens with zero attached hydrogens (tertiary/aromatic N) is 2. The Balaban J connectivity index is 1.51. The number of rotatable bonds is 6. The van der Waals surface area contributed by atoms with Crippen LogP contribution in [0.4, 0.5) is 0 Å². The standard InChI is InChI=1S/C22H25N3O2S/c1-16(28(23,26)27)9-18-11-20-5-6-21(13-22(20)12-18)19-4-2-3-17(10-19)14-25-8-7-24-15-25/h2-8,10,13,15-16,18H,9,11-12,14H2,1H3,(H2,23,26,27)/t16?,18-/m0/s1. The fourth-order valence-electron chi connectivity index (χ4n) is 4.10. The van der Waals surface area contributed by atoms with E-state index >= 15 is 0 Å². The molecule has 0 radical (unpaired) electrons. The topological polar surface area (TPSA) is 78.0 Å². The van der Waals surface area contributed by atoms with Gasteiger partial charge in [0.15, 0.2) is 0 Å². The Bertz CT molecular complexity index is 1070. The summed E-state index contributed by atoms with van der Waals surface area (Å²) in [5.74, 6) is 0.339. The van der Waals surface area contributed by atoms with E-state index in [1.54, 1.807) is 13.1 Å². The number of aromatic nitrogens is 2. The van der Waals surface area contributed by atoms with Crippen molar-refractivity contribution in [2.75, 3.05) is 0 Å². The van der Waals surface area contributed by atoms with Crippen LogP contribution in [0.3, 0.4) is 0 Å². The predicted molar refractivity (Wildman–Crippen MR) is 111 cm³/mol. The van der Waals surface area contributed by atoms with E-state index in [0.717, 1.165) is 19.4 Å². The normalized spacial score (nSPS) is 17.4. The molecule has 0 spiro atoms. The van der Waals surface area contributed by atoms with Crippen LogP contribution < -0.4 is 5.14 Å². The minimum Gasteiger partial charge on any atom is -0.333 e. The van der Waals surface area contributed by atoms with Crippen LogP contribution in [0.15, 0.2) is 61.2 Å². The van der Waals surface area contributed by atoms with Crippen molar-refractivity contribution in [3.05, 3.63) is 77.9 Å². The van der Waals surface area contributed by atoms with Crippen LogP contribution in [0.1, 0.15) is 30.0 Å². The number of fused-ring (bicyclic) bond motifs is 1. The molecule has 1 aromatic heterocycles. The second-order valence-electron chi connectivity index (χ2n) is 7.83. The molecule has 2 atom stereocenters. The number of benzene rings is 2. The summed E-state index contributed by atoms with van der Waals surface area (Å²) >= 11 is 0. The average Bonchev–Trinajstić information content (AvgIpc) is 3.29. The fraction of sp³-hybridized carbons (Fsp3) is 0.318. The zero-order valence-electron chi connectivity index (χ0n) is 16.0. The number of hydrogen-bond donors (Lipinski definition) is 1. The van der Waals surface area contributed by atoms with Gasteiger partial charge in [-0.1, -0.05) is 36.4 Å². The third-order valence-electron chi connectivity index (χ3n) is 5.63. The van der Waals surface area contributed by atoms with Gasteiger partial charge in [-0.2, -0.15) is 0 Å². The van der Waals surface area contributed by atoms with E-state index in [-0.39, 0.29) is 0 Å². The van der Waals surface area contributed by atoms with Gasteiger partial charge in [0.1, 0.15) is 0 Å². The van der Waals surface area contributed by atoms with Crippen molar-refractivity contribution in [1.29, 1.82) is 0 Å². The first kappa shape index (κ1) is 18.9. The Morgan fingerprint density at radius 2 is 1.93 bits per heavy atom. The van der Waals surface area contributed by atoms with E-state index in [2.05, 4.69) is 52.0 Å². The van der Waals surface area contributed by atoms with E-state index in [9.17, 15) is 8.42 Å². The first-order chi connectivity index (χ1) is 13.4. The monoisotopic (exact) mass is 395 g/mol. The van der Waals surface area contributed by atoms with Gasteiger partial charge in [0.05, 0.1) is 11.6 Å². The Morgan fingerprint density at radius 3 is 2.68 bits per heavy atom. The van der Waals surface area contributed by atoms with Gasteiger partial charge in [-0.05, 0) is 66.0 Å². The van der Waals surface area contributed by atoms with Crippen LogP contribution in [0.5, 0.6) is 0 Å². The molecule has 4 rings (SSSR count). The fourth-order valence-corrected chi connectivity index (χ4v) is 4.64. The molecule has 0 fully saturated rings. The summed E-state index contributed by atoms with van der Waals surface area (Å²) in [6, 6.07) is 15.2. The third kappa shape index (κ3) is 4.18. The van der Waals surface area contributed by atoms with Crippen LogP contribution >= 0.6 is 0 Å². The van der Waals surface area contributed by atoms with Gasteiger partial charge >= 0.3 is 0 Å². The smallest absolute Gasteiger partial charge is 0.211 e. The Morgan fingerprint density at radius 1 is 1.14 bits per heavy atom. The van der Waals surface area contributed by atoms with Crippen molar-refractivity contribution >= 4 is 10.0 Å². The molecular weight excluding hydrogens is 370 g/mol. The molecule has 5 nitrogen and oxygen atoms in total. The minimum absolute atomic E-state index is 0.339. The molecule has 1 heterocycles. The second kappa shape index (κ2) is 7.53. The lowest BCUT2D eigenvalue weighted by molar-refractivity contribution is 0.493. The minimum atomic E-state index is -3.46. The summed E-state index contributed by atoms with van der Waals surface area (Å²) in [7, 11) is -3.46. The van der Waals surface area contributed by atoms with E-state index in [1.807, 2.05) is 12.5 Å². The molecule has 0 saturated carbocycles. The predicted octanol–water partition coefficient (Wildman–Crippen LogP) is 3.38. The summed E-state index contributed by atoms with van der Waals surface area (Å²) < 4.78 is 25.2.